The minimum absolute atomic E-state index is 0.0380. The summed E-state index contributed by atoms with van der Waals surface area (Å²) in [5, 5.41) is 20.3. The van der Waals surface area contributed by atoms with Crippen LogP contribution in [-0.4, -0.2) is 78.7 Å². The second-order valence-electron chi connectivity index (χ2n) is 10.7. The first kappa shape index (κ1) is 32.4. The van der Waals surface area contributed by atoms with Crippen LogP contribution in [0.4, 0.5) is 0 Å². The van der Waals surface area contributed by atoms with Crippen LogP contribution in [0.2, 0.25) is 5.02 Å². The first-order valence-electron chi connectivity index (χ1n) is 14.3. The van der Waals surface area contributed by atoms with Crippen molar-refractivity contribution >= 4 is 29.3 Å². The zero-order valence-electron chi connectivity index (χ0n) is 24.4. The molecule has 1 aliphatic rings. The van der Waals surface area contributed by atoms with Gasteiger partial charge in [0, 0.05) is 31.6 Å². The molecule has 3 rings (SSSR count). The van der Waals surface area contributed by atoms with E-state index in [1.54, 1.807) is 24.3 Å². The van der Waals surface area contributed by atoms with E-state index in [9.17, 15) is 19.5 Å². The summed E-state index contributed by atoms with van der Waals surface area (Å²) in [7, 11) is 1.51. The number of benzene rings is 2. The van der Waals surface area contributed by atoms with E-state index in [0.29, 0.717) is 37.6 Å². The number of nitrogens with one attached hydrogen (secondary N) is 3. The van der Waals surface area contributed by atoms with Crippen LogP contribution >= 0.6 is 11.6 Å². The number of aryl methyl sites for hydroxylation is 1. The number of halogens is 1. The molecule has 0 aliphatic carbocycles. The van der Waals surface area contributed by atoms with E-state index in [1.165, 1.54) is 18.9 Å². The third-order valence-corrected chi connectivity index (χ3v) is 7.83. The van der Waals surface area contributed by atoms with Gasteiger partial charge in [-0.2, -0.15) is 0 Å². The molecule has 2 aromatic rings. The molecule has 1 heterocycles. The molecule has 0 bridgehead atoms. The molecule has 4 N–H and O–H groups in total. The summed E-state index contributed by atoms with van der Waals surface area (Å²) in [5.41, 5.74) is 1.84. The third-order valence-electron chi connectivity index (χ3n) is 7.57. The molecule has 2 aromatic carbocycles. The number of carbonyl (C=O) groups is 3. The zero-order chi connectivity index (χ0) is 29.9. The fraction of sp³-hybridized carbons (Fsp3) is 0.516. The Hall–Kier alpha value is -3.14. The summed E-state index contributed by atoms with van der Waals surface area (Å²) in [5.74, 6) is -0.542. The minimum atomic E-state index is -1.20. The first-order chi connectivity index (χ1) is 19.6. The molecule has 0 spiro atoms. The van der Waals surface area contributed by atoms with Gasteiger partial charge in [0.05, 0.1) is 12.1 Å². The van der Waals surface area contributed by atoms with Gasteiger partial charge in [0.2, 0.25) is 17.7 Å². The molecule has 5 atom stereocenters. The quantitative estimate of drug-likeness (QED) is 0.428. The Labute approximate surface area is 248 Å². The molecule has 0 fully saturated rings. The minimum Gasteiger partial charge on any atom is -0.492 e. The van der Waals surface area contributed by atoms with Crippen molar-refractivity contribution in [1.29, 1.82) is 0 Å². The highest BCUT2D eigenvalue weighted by Gasteiger charge is 2.37. The second-order valence-corrected chi connectivity index (χ2v) is 11.1. The second kappa shape index (κ2) is 15.7. The van der Waals surface area contributed by atoms with Crippen LogP contribution in [0, 0.1) is 5.92 Å². The average molecular weight is 587 g/mol. The first-order valence-corrected chi connectivity index (χ1v) is 14.7. The monoisotopic (exact) mass is 586 g/mol. The number of ether oxygens (including phenoxy) is 1. The maximum atomic E-state index is 13.7. The van der Waals surface area contributed by atoms with Crippen molar-refractivity contribution in [1.82, 2.24) is 20.9 Å². The predicted octanol–water partition coefficient (Wildman–Crippen LogP) is 2.72. The Balaban J connectivity index is 1.92. The number of hydrogen-bond donors (Lipinski definition) is 4. The molecule has 0 saturated heterocycles. The number of carbonyl (C=O) groups excluding carboxylic acids is 3. The molecule has 224 valence electrons. The molecule has 1 aliphatic heterocycles. The summed E-state index contributed by atoms with van der Waals surface area (Å²) in [6.07, 6.45) is 1.14. The number of para-hydroxylation sites is 1. The Morgan fingerprint density at radius 1 is 1.05 bits per heavy atom. The number of rotatable bonds is 5. The zero-order valence-corrected chi connectivity index (χ0v) is 25.1. The molecular formula is C31H43ClN4O5. The Kier molecular flexibility index (Phi) is 12.4. The lowest BCUT2D eigenvalue weighted by Crippen LogP contribution is -2.61. The highest BCUT2D eigenvalue weighted by atomic mass is 35.5. The van der Waals surface area contributed by atoms with E-state index in [0.717, 1.165) is 23.3 Å². The standard InChI is InChI=1S/C31H43ClN4O5/c1-5-20(2)27-31(40)36(4)28(21(3)37)30(39)35-25(19-22-12-14-24(32)15-13-22)29(38)34-16-8-10-23-9-6-7-11-26(23)41-18-17-33-27/h6-7,9,11-15,20-21,25,27-28,33,37H,5,8,10,16-19H2,1-4H3,(H,34,38)(H,35,39)/t20?,21?,25-,27+,28+/m1/s1. The van der Waals surface area contributed by atoms with E-state index in [-0.39, 0.29) is 24.2 Å². The Morgan fingerprint density at radius 2 is 1.76 bits per heavy atom. The largest absolute Gasteiger partial charge is 0.492 e. The van der Waals surface area contributed by atoms with Crippen LogP contribution in [0.25, 0.3) is 0 Å². The van der Waals surface area contributed by atoms with Crippen molar-refractivity contribution in [2.75, 3.05) is 26.7 Å². The summed E-state index contributed by atoms with van der Waals surface area (Å²) in [6, 6.07) is 12.1. The van der Waals surface area contributed by atoms with Crippen molar-refractivity contribution < 1.29 is 24.2 Å². The highest BCUT2D eigenvalue weighted by Crippen LogP contribution is 2.20. The fourth-order valence-electron chi connectivity index (χ4n) is 5.01. The van der Waals surface area contributed by atoms with Gasteiger partial charge in [-0.15, -0.1) is 0 Å². The van der Waals surface area contributed by atoms with Crippen LogP contribution in [0.5, 0.6) is 5.75 Å². The molecule has 9 nitrogen and oxygen atoms in total. The van der Waals surface area contributed by atoms with Crippen molar-refractivity contribution in [2.24, 2.45) is 5.92 Å². The van der Waals surface area contributed by atoms with Crippen molar-refractivity contribution in [3.8, 4) is 5.75 Å². The van der Waals surface area contributed by atoms with Gasteiger partial charge in [0.25, 0.3) is 0 Å². The van der Waals surface area contributed by atoms with Gasteiger partial charge < -0.3 is 30.7 Å². The predicted molar refractivity (Wildman–Crippen MR) is 160 cm³/mol. The Bertz CT molecular complexity index is 1160. The number of likely N-dealkylation sites (N-methyl/N-ethyl adjacent to an activating group) is 1. The number of hydrogen-bond acceptors (Lipinski definition) is 6. The van der Waals surface area contributed by atoms with E-state index in [4.69, 9.17) is 16.3 Å². The SMILES string of the molecule is CCC(C)[C@@H]1NCCOc2ccccc2CCCNC(=O)[C@@H](Cc2ccc(Cl)cc2)NC(=O)[C@H](C(C)O)N(C)C1=O. The molecule has 0 radical (unpaired) electrons. The highest BCUT2D eigenvalue weighted by molar-refractivity contribution is 6.30. The van der Waals surface area contributed by atoms with Crippen molar-refractivity contribution in [3.63, 3.8) is 0 Å². The van der Waals surface area contributed by atoms with Gasteiger partial charge >= 0.3 is 0 Å². The molecule has 0 aromatic heterocycles. The van der Waals surface area contributed by atoms with Crippen LogP contribution in [-0.2, 0) is 27.2 Å². The molecule has 10 heteroatoms. The van der Waals surface area contributed by atoms with Gasteiger partial charge in [-0.3, -0.25) is 14.4 Å². The summed E-state index contributed by atoms with van der Waals surface area (Å²) < 4.78 is 6.06. The number of nitrogens with zero attached hydrogens (tertiary/aromatic N) is 1. The fourth-order valence-corrected chi connectivity index (χ4v) is 5.13. The van der Waals surface area contributed by atoms with Gasteiger partial charge in [-0.1, -0.05) is 62.2 Å². The van der Waals surface area contributed by atoms with E-state index < -0.39 is 30.1 Å². The van der Waals surface area contributed by atoms with E-state index >= 15 is 0 Å². The lowest BCUT2D eigenvalue weighted by molar-refractivity contribution is -0.146. The van der Waals surface area contributed by atoms with Gasteiger partial charge in [0.1, 0.15) is 24.4 Å². The van der Waals surface area contributed by atoms with Crippen molar-refractivity contribution in [3.05, 3.63) is 64.7 Å². The van der Waals surface area contributed by atoms with Crippen molar-refractivity contribution in [2.45, 2.75) is 70.7 Å². The number of aliphatic hydroxyl groups excluding tert-OH is 1. The molecule has 2 unspecified atom stereocenters. The normalized spacial score (nSPS) is 23.2. The smallest absolute Gasteiger partial charge is 0.246 e. The Morgan fingerprint density at radius 3 is 2.44 bits per heavy atom. The topological polar surface area (TPSA) is 120 Å². The van der Waals surface area contributed by atoms with Crippen LogP contribution in [0.1, 0.15) is 44.7 Å². The molecular weight excluding hydrogens is 544 g/mol. The van der Waals surface area contributed by atoms with Crippen LogP contribution in [0.3, 0.4) is 0 Å². The average Bonchev–Trinajstić information content (AvgIpc) is 2.95. The molecule has 0 saturated carbocycles. The number of fused-ring (bicyclic) bond motifs is 1. The summed E-state index contributed by atoms with van der Waals surface area (Å²) in [4.78, 5) is 41.9. The van der Waals surface area contributed by atoms with Gasteiger partial charge in [-0.05, 0) is 55.0 Å². The molecule has 41 heavy (non-hydrogen) atoms. The number of aliphatic hydroxyl groups is 1. The lowest BCUT2D eigenvalue weighted by Gasteiger charge is -2.35. The number of amides is 3. The lowest BCUT2D eigenvalue weighted by atomic mass is 9.96. The van der Waals surface area contributed by atoms with Crippen LogP contribution < -0.4 is 20.7 Å². The summed E-state index contributed by atoms with van der Waals surface area (Å²) in [6.45, 7) is 6.60. The van der Waals surface area contributed by atoms with Gasteiger partial charge in [0.15, 0.2) is 0 Å². The third kappa shape index (κ3) is 9.18. The van der Waals surface area contributed by atoms with E-state index in [2.05, 4.69) is 16.0 Å². The maximum absolute atomic E-state index is 13.7. The van der Waals surface area contributed by atoms with E-state index in [1.807, 2.05) is 38.1 Å². The van der Waals surface area contributed by atoms with Crippen LogP contribution in [0.15, 0.2) is 48.5 Å². The maximum Gasteiger partial charge on any atom is 0.246 e. The van der Waals surface area contributed by atoms with Gasteiger partial charge in [-0.25, -0.2) is 0 Å². The molecule has 3 amide bonds. The summed E-state index contributed by atoms with van der Waals surface area (Å²) >= 11 is 6.04.